The molecule has 0 unspecified atom stereocenters. The Balaban J connectivity index is 1.35. The van der Waals surface area contributed by atoms with Gasteiger partial charge in [-0.25, -0.2) is 4.79 Å². The number of guanidine groups is 1. The van der Waals surface area contributed by atoms with Crippen molar-refractivity contribution in [1.29, 1.82) is 5.41 Å². The summed E-state index contributed by atoms with van der Waals surface area (Å²) in [6.07, 6.45) is 0.268. The number of aliphatic hydroxyl groups excluding tert-OH is 1. The number of nitrogens with zero attached hydrogens (tertiary/aromatic N) is 3. The van der Waals surface area contributed by atoms with Gasteiger partial charge in [0.1, 0.15) is 5.70 Å². The molecule has 5 N–H and O–H groups in total. The number of aliphatic hydroxyl groups is 1. The highest BCUT2D eigenvalue weighted by atomic mass is 32.2. The van der Waals surface area contributed by atoms with Crippen LogP contribution in [0.4, 0.5) is 0 Å². The summed E-state index contributed by atoms with van der Waals surface area (Å²) in [6, 6.07) is -0.247. The maximum absolute atomic E-state index is 12.4. The summed E-state index contributed by atoms with van der Waals surface area (Å²) in [5.41, 5.74) is 5.67. The van der Waals surface area contributed by atoms with Crippen LogP contribution in [0, 0.1) is 23.2 Å². The van der Waals surface area contributed by atoms with Crippen LogP contribution in [0.25, 0.3) is 0 Å². The number of fused-ring (bicyclic) bond motifs is 1. The fourth-order valence-corrected chi connectivity index (χ4v) is 6.75. The van der Waals surface area contributed by atoms with Crippen LogP contribution in [0.5, 0.6) is 0 Å². The maximum Gasteiger partial charge on any atom is 0.353 e. The number of carboxylic acids is 1. The lowest BCUT2D eigenvalue weighted by molar-refractivity contribution is -0.163. The van der Waals surface area contributed by atoms with Gasteiger partial charge >= 0.3 is 5.97 Å². The lowest BCUT2D eigenvalue weighted by Crippen LogP contribution is -2.63. The Labute approximate surface area is 174 Å². The molecule has 1 amide bonds. The number of hydrogen-bond acceptors (Lipinski definition) is 6. The third-order valence-corrected chi connectivity index (χ3v) is 8.12. The first-order valence-electron chi connectivity index (χ1n) is 10.2. The number of likely N-dealkylation sites (tertiary alicyclic amines) is 2. The van der Waals surface area contributed by atoms with Crippen molar-refractivity contribution in [1.82, 2.24) is 14.7 Å². The predicted molar refractivity (Wildman–Crippen MR) is 109 cm³/mol. The van der Waals surface area contributed by atoms with Gasteiger partial charge in [-0.05, 0) is 19.3 Å². The van der Waals surface area contributed by atoms with Gasteiger partial charge in [0.25, 0.3) is 0 Å². The van der Waals surface area contributed by atoms with Crippen LogP contribution >= 0.6 is 11.8 Å². The summed E-state index contributed by atoms with van der Waals surface area (Å²) in [4.78, 5) is 30.7. The molecule has 29 heavy (non-hydrogen) atoms. The summed E-state index contributed by atoms with van der Waals surface area (Å²) < 4.78 is 0. The van der Waals surface area contributed by atoms with Crippen molar-refractivity contribution in [3.8, 4) is 0 Å². The Hall–Kier alpha value is -1.78. The van der Waals surface area contributed by atoms with E-state index in [1.165, 1.54) is 4.90 Å². The van der Waals surface area contributed by atoms with Crippen LogP contribution in [0.1, 0.15) is 20.3 Å². The number of carbonyl (C=O) groups is 2. The van der Waals surface area contributed by atoms with Crippen LogP contribution < -0.4 is 5.73 Å². The zero-order valence-corrected chi connectivity index (χ0v) is 17.6. The molecule has 0 aromatic rings. The van der Waals surface area contributed by atoms with Gasteiger partial charge < -0.3 is 30.6 Å². The van der Waals surface area contributed by atoms with Gasteiger partial charge in [-0.1, -0.05) is 6.92 Å². The van der Waals surface area contributed by atoms with E-state index in [9.17, 15) is 19.8 Å². The third-order valence-electron chi connectivity index (χ3n) is 6.67. The Morgan fingerprint density at radius 1 is 1.38 bits per heavy atom. The number of nitrogens with two attached hydrogens (primary N) is 1. The minimum atomic E-state index is -1.06. The van der Waals surface area contributed by atoms with Crippen molar-refractivity contribution in [2.75, 3.05) is 32.7 Å². The molecular formula is C19H29N5O4S. The summed E-state index contributed by atoms with van der Waals surface area (Å²) >= 11 is 1.59. The first-order valence-corrected chi connectivity index (χ1v) is 11.0. The number of hydrogen-bond donors (Lipinski definition) is 4. The topological polar surface area (TPSA) is 134 Å². The molecule has 10 heteroatoms. The second-order valence-electron chi connectivity index (χ2n) is 8.72. The minimum absolute atomic E-state index is 0.0728. The van der Waals surface area contributed by atoms with Gasteiger partial charge in [0.15, 0.2) is 5.96 Å². The van der Waals surface area contributed by atoms with Crippen molar-refractivity contribution >= 4 is 29.6 Å². The first-order chi connectivity index (χ1) is 13.7. The molecule has 3 saturated heterocycles. The lowest BCUT2D eigenvalue weighted by Gasteiger charge is -2.46. The fourth-order valence-electron chi connectivity index (χ4n) is 5.17. The second kappa shape index (κ2) is 7.48. The Morgan fingerprint density at radius 2 is 2.07 bits per heavy atom. The largest absolute Gasteiger partial charge is 0.477 e. The van der Waals surface area contributed by atoms with E-state index >= 15 is 0 Å². The molecule has 0 bridgehead atoms. The van der Waals surface area contributed by atoms with Gasteiger partial charge in [0, 0.05) is 48.8 Å². The molecule has 0 aromatic heterocycles. The number of rotatable bonds is 6. The second-order valence-corrected chi connectivity index (χ2v) is 10.1. The van der Waals surface area contributed by atoms with E-state index in [2.05, 4.69) is 4.90 Å². The number of aliphatic carboxylic acids is 1. The molecule has 0 aliphatic carbocycles. The fraction of sp³-hybridized carbons (Fsp3) is 0.737. The molecule has 4 heterocycles. The van der Waals surface area contributed by atoms with Gasteiger partial charge in [0.05, 0.1) is 18.1 Å². The van der Waals surface area contributed by atoms with E-state index in [4.69, 9.17) is 11.1 Å². The summed E-state index contributed by atoms with van der Waals surface area (Å²) in [7, 11) is 0. The first kappa shape index (κ1) is 20.5. The molecule has 0 spiro atoms. The molecule has 160 valence electrons. The number of thioether (sulfide) groups is 1. The maximum atomic E-state index is 12.4. The van der Waals surface area contributed by atoms with Crippen molar-refractivity contribution in [2.24, 2.45) is 23.5 Å². The van der Waals surface area contributed by atoms with Crippen molar-refractivity contribution < 1.29 is 19.8 Å². The van der Waals surface area contributed by atoms with Crippen molar-refractivity contribution in [3.05, 3.63) is 10.6 Å². The number of β-lactam (4-membered cyclic amide) rings is 1. The van der Waals surface area contributed by atoms with Crippen LogP contribution in [0.2, 0.25) is 0 Å². The van der Waals surface area contributed by atoms with E-state index in [0.717, 1.165) is 44.0 Å². The average Bonchev–Trinajstić information content (AvgIpc) is 3.15. The highest BCUT2D eigenvalue weighted by molar-refractivity contribution is 8.03. The average molecular weight is 424 g/mol. The molecule has 4 rings (SSSR count). The molecule has 5 atom stereocenters. The smallest absolute Gasteiger partial charge is 0.353 e. The van der Waals surface area contributed by atoms with Gasteiger partial charge in [-0.15, -0.1) is 11.8 Å². The molecule has 4 aliphatic rings. The number of amides is 1. The Morgan fingerprint density at radius 3 is 2.62 bits per heavy atom. The van der Waals surface area contributed by atoms with E-state index in [0.29, 0.717) is 11.2 Å². The van der Waals surface area contributed by atoms with Gasteiger partial charge in [0.2, 0.25) is 5.91 Å². The summed E-state index contributed by atoms with van der Waals surface area (Å²) in [6.45, 7) is 7.98. The summed E-state index contributed by atoms with van der Waals surface area (Å²) in [5, 5.41) is 27.5. The standard InChI is InChI=1S/C19H29N5O4S/c1-9-14-13(10(2)25)17(26)24(14)15(18(27)28)16(9)29-12-7-22(8-12)5-11-3-4-23(6-11)19(20)21/h9-14,25H,3-8H2,1-2H3,(H3,20,21)(H,27,28)/t9-,10-,11-,13-,14-/m1/s1. The Kier molecular flexibility index (Phi) is 5.28. The quantitative estimate of drug-likeness (QED) is 0.262. The van der Waals surface area contributed by atoms with E-state index in [1.54, 1.807) is 18.7 Å². The zero-order chi connectivity index (χ0) is 21.0. The van der Waals surface area contributed by atoms with Crippen LogP contribution in [0.15, 0.2) is 10.6 Å². The monoisotopic (exact) mass is 423 g/mol. The number of carboxylic acid groups (broad SMARTS) is 1. The van der Waals surface area contributed by atoms with Gasteiger partial charge in [-0.2, -0.15) is 0 Å². The van der Waals surface area contributed by atoms with Crippen LogP contribution in [0.3, 0.4) is 0 Å². The molecule has 9 nitrogen and oxygen atoms in total. The Bertz CT molecular complexity index is 766. The molecule has 0 radical (unpaired) electrons. The highest BCUT2D eigenvalue weighted by Crippen LogP contribution is 2.51. The summed E-state index contributed by atoms with van der Waals surface area (Å²) in [5.74, 6) is -1.28. The molecule has 0 saturated carbocycles. The van der Waals surface area contributed by atoms with Crippen molar-refractivity contribution in [2.45, 2.75) is 37.7 Å². The van der Waals surface area contributed by atoms with E-state index in [-0.39, 0.29) is 29.5 Å². The molecule has 3 fully saturated rings. The van der Waals surface area contributed by atoms with Crippen molar-refractivity contribution in [3.63, 3.8) is 0 Å². The minimum Gasteiger partial charge on any atom is -0.477 e. The highest BCUT2D eigenvalue weighted by Gasteiger charge is 2.60. The SMILES string of the molecule is C[C@@H](O)[C@H]1C(=O)N2C(C(=O)O)=C(SC3CN(C[C@H]4CCN(C(=N)N)C4)C3)[C@H](C)[C@H]12. The third kappa shape index (κ3) is 3.40. The van der Waals surface area contributed by atoms with Crippen LogP contribution in [-0.2, 0) is 9.59 Å². The number of carbonyl (C=O) groups excluding carboxylic acids is 1. The number of nitrogens with one attached hydrogen (secondary N) is 1. The molecule has 0 aromatic carbocycles. The van der Waals surface area contributed by atoms with Gasteiger partial charge in [-0.3, -0.25) is 10.2 Å². The zero-order valence-electron chi connectivity index (χ0n) is 16.7. The normalized spacial score (nSPS) is 33.6. The predicted octanol–water partition coefficient (Wildman–Crippen LogP) is -0.227. The molecular weight excluding hydrogens is 394 g/mol. The van der Waals surface area contributed by atoms with Crippen LogP contribution in [-0.4, -0.2) is 92.9 Å². The molecule has 4 aliphatic heterocycles. The lowest BCUT2D eigenvalue weighted by atomic mass is 9.79. The van der Waals surface area contributed by atoms with E-state index < -0.39 is 18.0 Å². The van der Waals surface area contributed by atoms with E-state index in [1.807, 2.05) is 11.8 Å².